The minimum absolute atomic E-state index is 0.116. The van der Waals surface area contributed by atoms with Crippen LogP contribution in [0.3, 0.4) is 0 Å². The van der Waals surface area contributed by atoms with E-state index < -0.39 is 6.10 Å². The van der Waals surface area contributed by atoms with Gasteiger partial charge in [-0.2, -0.15) is 0 Å². The molecule has 0 fully saturated rings. The fourth-order valence-corrected chi connectivity index (χ4v) is 2.40. The number of anilines is 1. The summed E-state index contributed by atoms with van der Waals surface area (Å²) in [4.78, 5) is 9.37. The molecule has 0 radical (unpaired) electrons. The molecule has 2 aromatic rings. The summed E-state index contributed by atoms with van der Waals surface area (Å²) in [6.45, 7) is 3.97. The summed E-state index contributed by atoms with van der Waals surface area (Å²) in [5, 5.41) is 15.2. The maximum Gasteiger partial charge on any atom is 0.222 e. The summed E-state index contributed by atoms with van der Waals surface area (Å²) < 4.78 is 0. The molecule has 0 amide bonds. The first-order valence-corrected chi connectivity index (χ1v) is 6.80. The molecular weight excluding hydrogens is 246 g/mol. The second-order valence-electron chi connectivity index (χ2n) is 4.40. The Hall–Kier alpha value is -1.46. The van der Waals surface area contributed by atoms with Crippen molar-refractivity contribution in [1.82, 2.24) is 9.97 Å². The van der Waals surface area contributed by atoms with Crippen LogP contribution in [0, 0.1) is 6.92 Å². The first-order valence-electron chi connectivity index (χ1n) is 5.92. The van der Waals surface area contributed by atoms with Crippen LogP contribution in [0.15, 0.2) is 29.9 Å². The van der Waals surface area contributed by atoms with E-state index in [0.717, 1.165) is 10.4 Å². The van der Waals surface area contributed by atoms with Crippen molar-refractivity contribution in [1.29, 1.82) is 0 Å². The lowest BCUT2D eigenvalue weighted by atomic mass is 10.1. The number of hydrogen-bond donors (Lipinski definition) is 2. The lowest BCUT2D eigenvalue weighted by molar-refractivity contribution is 0.166. The average Bonchev–Trinajstić information content (AvgIpc) is 2.85. The van der Waals surface area contributed by atoms with Gasteiger partial charge in [0.25, 0.3) is 0 Å². The van der Waals surface area contributed by atoms with Crippen LogP contribution in [0.25, 0.3) is 0 Å². The lowest BCUT2D eigenvalue weighted by Crippen LogP contribution is -2.19. The monoisotopic (exact) mass is 263 g/mol. The molecule has 18 heavy (non-hydrogen) atoms. The molecule has 4 nitrogen and oxygen atoms in total. The van der Waals surface area contributed by atoms with Crippen LogP contribution in [0.5, 0.6) is 0 Å². The Morgan fingerprint density at radius 1 is 1.39 bits per heavy atom. The summed E-state index contributed by atoms with van der Waals surface area (Å²) in [5.41, 5.74) is 1.03. The van der Waals surface area contributed by atoms with E-state index in [4.69, 9.17) is 0 Å². The number of rotatable bonds is 5. The van der Waals surface area contributed by atoms with Crippen LogP contribution in [-0.2, 0) is 0 Å². The molecule has 0 spiro atoms. The Bertz CT molecular complexity index is 469. The van der Waals surface area contributed by atoms with Crippen molar-refractivity contribution in [2.24, 2.45) is 0 Å². The number of aliphatic hydroxyl groups is 1. The van der Waals surface area contributed by atoms with Crippen molar-refractivity contribution in [3.8, 4) is 0 Å². The molecule has 2 aromatic heterocycles. The second kappa shape index (κ2) is 5.93. The highest BCUT2D eigenvalue weighted by molar-refractivity contribution is 7.10. The van der Waals surface area contributed by atoms with Crippen molar-refractivity contribution in [3.05, 3.63) is 40.3 Å². The van der Waals surface area contributed by atoms with Gasteiger partial charge in [-0.25, -0.2) is 9.97 Å². The molecule has 96 valence electrons. The highest BCUT2D eigenvalue weighted by Gasteiger charge is 2.13. The number of nitrogens with zero attached hydrogens (tertiary/aromatic N) is 2. The zero-order valence-corrected chi connectivity index (χ0v) is 11.3. The van der Waals surface area contributed by atoms with Gasteiger partial charge in [0.2, 0.25) is 5.95 Å². The van der Waals surface area contributed by atoms with E-state index in [1.54, 1.807) is 23.7 Å². The zero-order valence-electron chi connectivity index (χ0n) is 10.5. The SMILES string of the molecule is Cc1cnc(NC(C)CC(O)c2cccs2)nc1. The van der Waals surface area contributed by atoms with Crippen molar-refractivity contribution < 1.29 is 5.11 Å². The molecule has 0 aromatic carbocycles. The van der Waals surface area contributed by atoms with Crippen LogP contribution in [0.4, 0.5) is 5.95 Å². The maximum atomic E-state index is 10.0. The summed E-state index contributed by atoms with van der Waals surface area (Å²) in [7, 11) is 0. The molecule has 5 heteroatoms. The molecule has 2 N–H and O–H groups in total. The molecule has 2 unspecified atom stereocenters. The Labute approximate surface area is 111 Å². The number of aromatic nitrogens is 2. The fraction of sp³-hybridized carbons (Fsp3) is 0.385. The maximum absolute atomic E-state index is 10.0. The van der Waals surface area contributed by atoms with Crippen molar-refractivity contribution in [3.63, 3.8) is 0 Å². The third kappa shape index (κ3) is 3.51. The van der Waals surface area contributed by atoms with Gasteiger partial charge < -0.3 is 10.4 Å². The average molecular weight is 263 g/mol. The largest absolute Gasteiger partial charge is 0.387 e. The predicted molar refractivity (Wildman–Crippen MR) is 73.7 cm³/mol. The molecule has 0 saturated heterocycles. The standard InChI is InChI=1S/C13H17N3OS/c1-9-7-14-13(15-8-9)16-10(2)6-11(17)12-4-3-5-18-12/h3-5,7-8,10-11,17H,6H2,1-2H3,(H,14,15,16). The van der Waals surface area contributed by atoms with E-state index >= 15 is 0 Å². The van der Waals surface area contributed by atoms with Crippen molar-refractivity contribution in [2.45, 2.75) is 32.4 Å². The molecule has 2 rings (SSSR count). The molecule has 0 saturated carbocycles. The van der Waals surface area contributed by atoms with Gasteiger partial charge in [0.05, 0.1) is 6.10 Å². The van der Waals surface area contributed by atoms with E-state index in [2.05, 4.69) is 15.3 Å². The van der Waals surface area contributed by atoms with Crippen LogP contribution in [-0.4, -0.2) is 21.1 Å². The normalized spacial score (nSPS) is 14.2. The van der Waals surface area contributed by atoms with Gasteiger partial charge in [0.1, 0.15) is 0 Å². The van der Waals surface area contributed by atoms with E-state index in [1.807, 2.05) is 31.4 Å². The van der Waals surface area contributed by atoms with Crippen LogP contribution in [0.1, 0.15) is 29.9 Å². The van der Waals surface area contributed by atoms with E-state index in [1.165, 1.54) is 0 Å². The quantitative estimate of drug-likeness (QED) is 0.871. The fourth-order valence-electron chi connectivity index (χ4n) is 1.68. The predicted octanol–water partition coefficient (Wildman–Crippen LogP) is 2.77. The van der Waals surface area contributed by atoms with Gasteiger partial charge in [-0.3, -0.25) is 0 Å². The van der Waals surface area contributed by atoms with Gasteiger partial charge in [-0.1, -0.05) is 6.07 Å². The van der Waals surface area contributed by atoms with Gasteiger partial charge in [-0.15, -0.1) is 11.3 Å². The van der Waals surface area contributed by atoms with E-state index in [9.17, 15) is 5.11 Å². The molecule has 2 atom stereocenters. The van der Waals surface area contributed by atoms with Gasteiger partial charge >= 0.3 is 0 Å². The molecule has 0 aliphatic heterocycles. The molecule has 2 heterocycles. The third-order valence-electron chi connectivity index (χ3n) is 2.60. The number of aliphatic hydroxyl groups excluding tert-OH is 1. The number of thiophene rings is 1. The van der Waals surface area contributed by atoms with Crippen LogP contribution in [0.2, 0.25) is 0 Å². The van der Waals surface area contributed by atoms with Crippen molar-refractivity contribution in [2.75, 3.05) is 5.32 Å². The van der Waals surface area contributed by atoms with E-state index in [0.29, 0.717) is 12.4 Å². The Balaban J connectivity index is 1.88. The minimum atomic E-state index is -0.432. The zero-order chi connectivity index (χ0) is 13.0. The molecule has 0 aliphatic rings. The second-order valence-corrected chi connectivity index (χ2v) is 5.38. The molecule has 0 aliphatic carbocycles. The van der Waals surface area contributed by atoms with Crippen LogP contribution >= 0.6 is 11.3 Å². The Morgan fingerprint density at radius 3 is 2.72 bits per heavy atom. The summed E-state index contributed by atoms with van der Waals surface area (Å²) in [6.07, 6.45) is 3.76. The van der Waals surface area contributed by atoms with Gasteiger partial charge in [0.15, 0.2) is 0 Å². The minimum Gasteiger partial charge on any atom is -0.387 e. The smallest absolute Gasteiger partial charge is 0.222 e. The Kier molecular flexibility index (Phi) is 4.28. The number of hydrogen-bond acceptors (Lipinski definition) is 5. The third-order valence-corrected chi connectivity index (χ3v) is 3.58. The first-order chi connectivity index (χ1) is 8.65. The van der Waals surface area contributed by atoms with Gasteiger partial charge in [0, 0.05) is 23.3 Å². The summed E-state index contributed by atoms with van der Waals surface area (Å²) in [5.74, 6) is 0.603. The number of aryl methyl sites for hydroxylation is 1. The first kappa shape index (κ1) is 13.0. The van der Waals surface area contributed by atoms with Crippen molar-refractivity contribution >= 4 is 17.3 Å². The molecule has 0 bridgehead atoms. The summed E-state index contributed by atoms with van der Waals surface area (Å²) in [6, 6.07) is 4.01. The molecular formula is C13H17N3OS. The highest BCUT2D eigenvalue weighted by atomic mass is 32.1. The van der Waals surface area contributed by atoms with Crippen LogP contribution < -0.4 is 5.32 Å². The van der Waals surface area contributed by atoms with Gasteiger partial charge in [-0.05, 0) is 37.3 Å². The lowest BCUT2D eigenvalue weighted by Gasteiger charge is -2.16. The summed E-state index contributed by atoms with van der Waals surface area (Å²) >= 11 is 1.57. The number of nitrogens with one attached hydrogen (secondary N) is 1. The van der Waals surface area contributed by atoms with E-state index in [-0.39, 0.29) is 6.04 Å². The Morgan fingerprint density at radius 2 is 2.11 bits per heavy atom. The highest BCUT2D eigenvalue weighted by Crippen LogP contribution is 2.23. The topological polar surface area (TPSA) is 58.0 Å².